The number of benzene rings is 3. The third kappa shape index (κ3) is 6.02. The molecule has 0 aliphatic heterocycles. The molecule has 1 N–H and O–H groups in total. The van der Waals surface area contributed by atoms with E-state index >= 15 is 4.39 Å². The number of aromatic carboxylic acids is 1. The molecule has 0 amide bonds. The molecule has 0 spiro atoms. The highest BCUT2D eigenvalue weighted by Crippen LogP contribution is 2.26. The fraction of sp³-hybridized carbons (Fsp3) is 0.219. The Morgan fingerprint density at radius 1 is 0.975 bits per heavy atom. The van der Waals surface area contributed by atoms with Crippen LogP contribution in [-0.4, -0.2) is 39.3 Å². The van der Waals surface area contributed by atoms with Gasteiger partial charge in [-0.1, -0.05) is 49.4 Å². The van der Waals surface area contributed by atoms with Crippen LogP contribution < -0.4 is 4.74 Å². The number of carboxylic acids is 1. The van der Waals surface area contributed by atoms with Crippen LogP contribution >= 0.6 is 0 Å². The molecule has 0 saturated carbocycles. The van der Waals surface area contributed by atoms with Crippen LogP contribution in [0.1, 0.15) is 39.8 Å². The van der Waals surface area contributed by atoms with Gasteiger partial charge in [-0.05, 0) is 53.4 Å². The van der Waals surface area contributed by atoms with Gasteiger partial charge in [-0.15, -0.1) is 0 Å². The predicted molar refractivity (Wildman–Crippen MR) is 151 cm³/mol. The van der Waals surface area contributed by atoms with Crippen molar-refractivity contribution in [2.75, 3.05) is 13.7 Å². The summed E-state index contributed by atoms with van der Waals surface area (Å²) < 4.78 is 28.4. The number of halogens is 1. The summed E-state index contributed by atoms with van der Waals surface area (Å²) in [6.07, 6.45) is 1.22. The van der Waals surface area contributed by atoms with Gasteiger partial charge in [0.2, 0.25) is 5.88 Å². The standard InChI is InChI=1S/C32H30FN3O4/c1-3-21-7-9-22(10-8-21)20-40-31-6-4-5-27(35-31)24-12-11-23(26(33)17-24)19-30-34-28-14-13-25(32(37)38)18-29(28)36(30)15-16-39-2/h4-14,17-18H,3,15-16,19-20H2,1-2H3,(H,37,38). The first-order valence-corrected chi connectivity index (χ1v) is 13.1. The molecule has 40 heavy (non-hydrogen) atoms. The highest BCUT2D eigenvalue weighted by atomic mass is 19.1. The molecule has 204 valence electrons. The SMILES string of the molecule is CCc1ccc(COc2cccc(-c3ccc(Cc4nc5ccc(C(=O)O)cc5n4CCOC)c(F)c3)n2)cc1. The van der Waals surface area contributed by atoms with E-state index in [1.807, 2.05) is 34.9 Å². The lowest BCUT2D eigenvalue weighted by molar-refractivity contribution is 0.0697. The Hall–Kier alpha value is -4.56. The minimum Gasteiger partial charge on any atom is -0.478 e. The summed E-state index contributed by atoms with van der Waals surface area (Å²) in [6.45, 7) is 3.38. The van der Waals surface area contributed by atoms with Crippen molar-refractivity contribution >= 4 is 17.0 Å². The first kappa shape index (κ1) is 27.0. The summed E-state index contributed by atoms with van der Waals surface area (Å²) >= 11 is 0. The van der Waals surface area contributed by atoms with Crippen molar-refractivity contribution in [3.05, 3.63) is 113 Å². The zero-order valence-electron chi connectivity index (χ0n) is 22.4. The minimum absolute atomic E-state index is 0.168. The van der Waals surface area contributed by atoms with Crippen LogP contribution in [-0.2, 0) is 30.7 Å². The number of rotatable bonds is 11. The van der Waals surface area contributed by atoms with Gasteiger partial charge in [0.05, 0.1) is 28.9 Å². The predicted octanol–water partition coefficient (Wildman–Crippen LogP) is 6.31. The maximum absolute atomic E-state index is 15.4. The lowest BCUT2D eigenvalue weighted by atomic mass is 10.1. The second-order valence-corrected chi connectivity index (χ2v) is 9.48. The number of carbonyl (C=O) groups is 1. The molecule has 0 fully saturated rings. The topological polar surface area (TPSA) is 86.5 Å². The molecule has 0 unspecified atom stereocenters. The molecular formula is C32H30FN3O4. The van der Waals surface area contributed by atoms with Crippen molar-refractivity contribution in [3.8, 4) is 17.1 Å². The van der Waals surface area contributed by atoms with E-state index in [4.69, 9.17) is 9.47 Å². The number of nitrogens with zero attached hydrogens (tertiary/aromatic N) is 3. The van der Waals surface area contributed by atoms with Crippen molar-refractivity contribution in [1.29, 1.82) is 0 Å². The fourth-order valence-electron chi connectivity index (χ4n) is 4.58. The molecule has 2 heterocycles. The molecule has 5 aromatic rings. The number of aryl methyl sites for hydroxylation is 1. The number of ether oxygens (including phenoxy) is 2. The molecule has 3 aromatic carbocycles. The zero-order chi connectivity index (χ0) is 28.1. The first-order chi connectivity index (χ1) is 19.4. The van der Waals surface area contributed by atoms with Crippen LogP contribution in [0.4, 0.5) is 4.39 Å². The Balaban J connectivity index is 1.36. The Labute approximate surface area is 231 Å². The van der Waals surface area contributed by atoms with Crippen molar-refractivity contribution < 1.29 is 23.8 Å². The quantitative estimate of drug-likeness (QED) is 0.212. The monoisotopic (exact) mass is 539 g/mol. The summed E-state index contributed by atoms with van der Waals surface area (Å²) in [5.41, 5.74) is 5.53. The molecular weight excluding hydrogens is 509 g/mol. The number of hydrogen-bond acceptors (Lipinski definition) is 5. The van der Waals surface area contributed by atoms with E-state index in [-0.39, 0.29) is 17.8 Å². The lowest BCUT2D eigenvalue weighted by Gasteiger charge is -2.11. The van der Waals surface area contributed by atoms with E-state index in [9.17, 15) is 9.90 Å². The molecule has 8 heteroatoms. The second-order valence-electron chi connectivity index (χ2n) is 9.48. The van der Waals surface area contributed by atoms with Gasteiger partial charge in [-0.2, -0.15) is 0 Å². The van der Waals surface area contributed by atoms with E-state index in [0.29, 0.717) is 59.3 Å². The van der Waals surface area contributed by atoms with E-state index in [1.165, 1.54) is 17.7 Å². The highest BCUT2D eigenvalue weighted by molar-refractivity contribution is 5.92. The molecule has 0 saturated heterocycles. The Morgan fingerprint density at radius 2 is 1.77 bits per heavy atom. The summed E-state index contributed by atoms with van der Waals surface area (Å²) in [5, 5.41) is 9.41. The molecule has 0 aliphatic carbocycles. The van der Waals surface area contributed by atoms with Crippen LogP contribution in [0, 0.1) is 5.82 Å². The first-order valence-electron chi connectivity index (χ1n) is 13.1. The van der Waals surface area contributed by atoms with E-state index in [2.05, 4.69) is 29.0 Å². The summed E-state index contributed by atoms with van der Waals surface area (Å²) in [6, 6.07) is 23.5. The number of methoxy groups -OCH3 is 1. The Kier molecular flexibility index (Phi) is 8.17. The molecule has 7 nitrogen and oxygen atoms in total. The summed E-state index contributed by atoms with van der Waals surface area (Å²) in [4.78, 5) is 20.7. The lowest BCUT2D eigenvalue weighted by Crippen LogP contribution is -2.10. The third-order valence-corrected chi connectivity index (χ3v) is 6.83. The molecule has 5 rings (SSSR count). The second kappa shape index (κ2) is 12.1. The normalized spacial score (nSPS) is 11.2. The molecule has 0 radical (unpaired) electrons. The number of pyridine rings is 1. The number of carboxylic acid groups (broad SMARTS) is 1. The van der Waals surface area contributed by atoms with Gasteiger partial charge in [0.15, 0.2) is 0 Å². The maximum atomic E-state index is 15.4. The zero-order valence-corrected chi connectivity index (χ0v) is 22.4. The van der Waals surface area contributed by atoms with Crippen LogP contribution in [0.3, 0.4) is 0 Å². The third-order valence-electron chi connectivity index (χ3n) is 6.83. The van der Waals surface area contributed by atoms with E-state index in [0.717, 1.165) is 12.0 Å². The largest absolute Gasteiger partial charge is 0.478 e. The van der Waals surface area contributed by atoms with Gasteiger partial charge in [0, 0.05) is 31.7 Å². The highest BCUT2D eigenvalue weighted by Gasteiger charge is 2.16. The van der Waals surface area contributed by atoms with Gasteiger partial charge in [0.1, 0.15) is 18.2 Å². The van der Waals surface area contributed by atoms with Crippen LogP contribution in [0.25, 0.3) is 22.3 Å². The van der Waals surface area contributed by atoms with E-state index < -0.39 is 5.97 Å². The molecule has 0 aliphatic rings. The van der Waals surface area contributed by atoms with Crippen LogP contribution in [0.15, 0.2) is 78.9 Å². The molecule has 2 aromatic heterocycles. The Morgan fingerprint density at radius 3 is 2.50 bits per heavy atom. The molecule has 0 bridgehead atoms. The van der Waals surface area contributed by atoms with Gasteiger partial charge in [-0.25, -0.2) is 19.2 Å². The van der Waals surface area contributed by atoms with Gasteiger partial charge in [0.25, 0.3) is 0 Å². The average Bonchev–Trinajstić information content (AvgIpc) is 3.32. The number of imidazole rings is 1. The van der Waals surface area contributed by atoms with Crippen molar-refractivity contribution in [2.45, 2.75) is 32.9 Å². The van der Waals surface area contributed by atoms with Crippen molar-refractivity contribution in [2.24, 2.45) is 0 Å². The van der Waals surface area contributed by atoms with Gasteiger partial charge >= 0.3 is 5.97 Å². The van der Waals surface area contributed by atoms with Gasteiger partial charge in [-0.3, -0.25) is 0 Å². The van der Waals surface area contributed by atoms with Crippen molar-refractivity contribution in [3.63, 3.8) is 0 Å². The smallest absolute Gasteiger partial charge is 0.335 e. The Bertz CT molecular complexity index is 1650. The fourth-order valence-corrected chi connectivity index (χ4v) is 4.58. The van der Waals surface area contributed by atoms with Crippen LogP contribution in [0.5, 0.6) is 5.88 Å². The van der Waals surface area contributed by atoms with Gasteiger partial charge < -0.3 is 19.1 Å². The minimum atomic E-state index is -1.02. The maximum Gasteiger partial charge on any atom is 0.335 e. The number of aromatic nitrogens is 3. The van der Waals surface area contributed by atoms with Crippen LogP contribution in [0.2, 0.25) is 0 Å². The summed E-state index contributed by atoms with van der Waals surface area (Å²) in [5.74, 6) is -0.299. The number of hydrogen-bond donors (Lipinski definition) is 1. The van der Waals surface area contributed by atoms with Crippen molar-refractivity contribution in [1.82, 2.24) is 14.5 Å². The molecule has 0 atom stereocenters. The number of fused-ring (bicyclic) bond motifs is 1. The summed E-state index contributed by atoms with van der Waals surface area (Å²) in [7, 11) is 1.59. The van der Waals surface area contributed by atoms with E-state index in [1.54, 1.807) is 31.4 Å². The average molecular weight is 540 g/mol.